The second kappa shape index (κ2) is 5.54. The summed E-state index contributed by atoms with van der Waals surface area (Å²) < 4.78 is 0. The van der Waals surface area contributed by atoms with Crippen LogP contribution in [-0.4, -0.2) is 72.5 Å². The maximum absolute atomic E-state index is 9.62. The van der Waals surface area contributed by atoms with Crippen LogP contribution in [0.15, 0.2) is 0 Å². The number of hydrogen-bond donors (Lipinski definition) is 2. The Bertz CT molecular complexity index is 140. The van der Waals surface area contributed by atoms with Gasteiger partial charge in [0.2, 0.25) is 0 Å². The Labute approximate surface area is 79.8 Å². The van der Waals surface area contributed by atoms with E-state index in [9.17, 15) is 5.11 Å². The topological polar surface area (TPSA) is 46.9 Å². The molecule has 1 aliphatic heterocycles. The van der Waals surface area contributed by atoms with Crippen LogP contribution in [0.2, 0.25) is 0 Å². The monoisotopic (exact) mass is 188 g/mol. The van der Waals surface area contributed by atoms with Crippen LogP contribution < -0.4 is 0 Å². The molecule has 0 radical (unpaired) electrons. The van der Waals surface area contributed by atoms with E-state index in [2.05, 4.69) is 4.90 Å². The van der Waals surface area contributed by atoms with Crippen molar-refractivity contribution in [3.05, 3.63) is 0 Å². The molecule has 0 saturated carbocycles. The van der Waals surface area contributed by atoms with Gasteiger partial charge in [-0.2, -0.15) is 0 Å². The number of likely N-dealkylation sites (tertiary alicyclic amines) is 1. The van der Waals surface area contributed by atoms with Crippen LogP contribution in [0.4, 0.5) is 0 Å². The Morgan fingerprint density at radius 1 is 1.46 bits per heavy atom. The van der Waals surface area contributed by atoms with Gasteiger partial charge in [0.05, 0.1) is 12.7 Å². The zero-order valence-electron chi connectivity index (χ0n) is 8.32. The molecule has 13 heavy (non-hydrogen) atoms. The van der Waals surface area contributed by atoms with Gasteiger partial charge in [0, 0.05) is 19.6 Å². The second-order valence-electron chi connectivity index (χ2n) is 3.79. The van der Waals surface area contributed by atoms with Crippen molar-refractivity contribution in [2.24, 2.45) is 0 Å². The maximum Gasteiger partial charge on any atom is 0.0793 e. The van der Waals surface area contributed by atoms with Crippen LogP contribution in [0.3, 0.4) is 0 Å². The summed E-state index contributed by atoms with van der Waals surface area (Å²) in [4.78, 5) is 4.20. The van der Waals surface area contributed by atoms with E-state index >= 15 is 0 Å². The normalized spacial score (nSPS) is 20.3. The number of nitrogens with zero attached hydrogens (tertiary/aromatic N) is 2. The van der Waals surface area contributed by atoms with Crippen molar-refractivity contribution in [1.82, 2.24) is 9.80 Å². The number of aliphatic hydroxyl groups is 2. The highest BCUT2D eigenvalue weighted by molar-refractivity contribution is 4.73. The van der Waals surface area contributed by atoms with Crippen LogP contribution in [-0.2, 0) is 0 Å². The van der Waals surface area contributed by atoms with Crippen LogP contribution >= 0.6 is 0 Å². The minimum Gasteiger partial charge on any atom is -0.395 e. The summed E-state index contributed by atoms with van der Waals surface area (Å²) in [6, 6.07) is 0. The Morgan fingerprint density at radius 2 is 2.15 bits per heavy atom. The second-order valence-corrected chi connectivity index (χ2v) is 3.79. The zero-order valence-corrected chi connectivity index (χ0v) is 8.32. The summed E-state index contributed by atoms with van der Waals surface area (Å²) >= 11 is 0. The quantitative estimate of drug-likeness (QED) is 0.560. The lowest BCUT2D eigenvalue weighted by Gasteiger charge is -2.33. The highest BCUT2D eigenvalue weighted by Gasteiger charge is 2.18. The molecule has 78 valence electrons. The molecule has 0 aromatic carbocycles. The Kier molecular flexibility index (Phi) is 4.66. The lowest BCUT2D eigenvalue weighted by molar-refractivity contribution is 0.0541. The number of likely N-dealkylation sites (N-methyl/N-ethyl adjacent to an activating group) is 1. The molecule has 0 aromatic rings. The molecule has 0 spiro atoms. The molecule has 1 aliphatic rings. The van der Waals surface area contributed by atoms with Gasteiger partial charge < -0.3 is 20.0 Å². The molecule has 1 heterocycles. The molecule has 1 saturated heterocycles. The molecule has 0 bridgehead atoms. The zero-order chi connectivity index (χ0) is 9.68. The van der Waals surface area contributed by atoms with E-state index in [1.54, 1.807) is 0 Å². The number of rotatable bonds is 6. The Hall–Kier alpha value is -0.160. The van der Waals surface area contributed by atoms with E-state index in [0.717, 1.165) is 19.6 Å². The molecule has 1 fully saturated rings. The van der Waals surface area contributed by atoms with Gasteiger partial charge in [0.1, 0.15) is 0 Å². The third kappa shape index (κ3) is 4.04. The van der Waals surface area contributed by atoms with Gasteiger partial charge >= 0.3 is 0 Å². The van der Waals surface area contributed by atoms with Gasteiger partial charge in [-0.25, -0.2) is 0 Å². The van der Waals surface area contributed by atoms with Crippen molar-refractivity contribution < 1.29 is 10.2 Å². The fourth-order valence-electron chi connectivity index (χ4n) is 1.54. The molecule has 0 aromatic heterocycles. The Balaban J connectivity index is 2.04. The molecule has 0 amide bonds. The summed E-state index contributed by atoms with van der Waals surface area (Å²) in [5.74, 6) is 0. The van der Waals surface area contributed by atoms with Crippen molar-refractivity contribution in [1.29, 1.82) is 0 Å². The maximum atomic E-state index is 9.62. The van der Waals surface area contributed by atoms with Gasteiger partial charge in [-0.3, -0.25) is 0 Å². The van der Waals surface area contributed by atoms with Crippen molar-refractivity contribution in [3.63, 3.8) is 0 Å². The van der Waals surface area contributed by atoms with Crippen molar-refractivity contribution in [2.75, 3.05) is 46.4 Å². The SMILES string of the molecule is CN(CCO)CC(O)CN1CCC1. The van der Waals surface area contributed by atoms with Gasteiger partial charge in [-0.15, -0.1) is 0 Å². The number of aliphatic hydroxyl groups excluding tert-OH is 2. The van der Waals surface area contributed by atoms with Crippen LogP contribution in [0.1, 0.15) is 6.42 Å². The smallest absolute Gasteiger partial charge is 0.0793 e. The fraction of sp³-hybridized carbons (Fsp3) is 1.00. The van der Waals surface area contributed by atoms with E-state index < -0.39 is 0 Å². The first-order valence-corrected chi connectivity index (χ1v) is 4.92. The lowest BCUT2D eigenvalue weighted by Crippen LogP contribution is -2.45. The summed E-state index contributed by atoms with van der Waals surface area (Å²) in [5, 5.41) is 18.3. The van der Waals surface area contributed by atoms with Crippen LogP contribution in [0.5, 0.6) is 0 Å². The molecule has 1 rings (SSSR count). The lowest BCUT2D eigenvalue weighted by atomic mass is 10.2. The fourth-order valence-corrected chi connectivity index (χ4v) is 1.54. The molecule has 4 heteroatoms. The van der Waals surface area contributed by atoms with Crippen molar-refractivity contribution in [3.8, 4) is 0 Å². The molecular formula is C9H20N2O2. The van der Waals surface area contributed by atoms with Gasteiger partial charge in [-0.1, -0.05) is 0 Å². The van der Waals surface area contributed by atoms with E-state index in [-0.39, 0.29) is 12.7 Å². The molecule has 2 N–H and O–H groups in total. The molecule has 1 atom stereocenters. The van der Waals surface area contributed by atoms with E-state index in [1.165, 1.54) is 6.42 Å². The largest absolute Gasteiger partial charge is 0.395 e. The average molecular weight is 188 g/mol. The van der Waals surface area contributed by atoms with Crippen molar-refractivity contribution >= 4 is 0 Å². The molecule has 4 nitrogen and oxygen atoms in total. The van der Waals surface area contributed by atoms with E-state index in [0.29, 0.717) is 13.1 Å². The van der Waals surface area contributed by atoms with E-state index in [1.807, 2.05) is 11.9 Å². The van der Waals surface area contributed by atoms with Gasteiger partial charge in [0.25, 0.3) is 0 Å². The predicted octanol–water partition coefficient (Wildman–Crippen LogP) is -1.02. The van der Waals surface area contributed by atoms with E-state index in [4.69, 9.17) is 5.11 Å². The first kappa shape index (κ1) is 10.9. The standard InChI is InChI=1S/C9H20N2O2/c1-10(5-6-12)7-9(13)8-11-3-2-4-11/h9,12-13H,2-8H2,1H3. The summed E-state index contributed by atoms with van der Waals surface area (Å²) in [6.45, 7) is 4.47. The predicted molar refractivity (Wildman–Crippen MR) is 51.6 cm³/mol. The molecular weight excluding hydrogens is 168 g/mol. The Morgan fingerprint density at radius 3 is 2.62 bits per heavy atom. The number of hydrogen-bond acceptors (Lipinski definition) is 4. The van der Waals surface area contributed by atoms with Crippen LogP contribution in [0, 0.1) is 0 Å². The highest BCUT2D eigenvalue weighted by atomic mass is 16.3. The highest BCUT2D eigenvalue weighted by Crippen LogP contribution is 2.06. The summed E-state index contributed by atoms with van der Waals surface area (Å²) in [6.07, 6.45) is 0.982. The summed E-state index contributed by atoms with van der Waals surface area (Å²) in [5.41, 5.74) is 0. The van der Waals surface area contributed by atoms with Gasteiger partial charge in [-0.05, 0) is 26.6 Å². The minimum atomic E-state index is -0.281. The first-order chi connectivity index (χ1) is 6.22. The average Bonchev–Trinajstić information content (AvgIpc) is 1.97. The summed E-state index contributed by atoms with van der Waals surface area (Å²) in [7, 11) is 1.91. The van der Waals surface area contributed by atoms with Crippen molar-refractivity contribution in [2.45, 2.75) is 12.5 Å². The third-order valence-corrected chi connectivity index (χ3v) is 2.42. The molecule has 0 aliphatic carbocycles. The number of β-amino-alcohol motifs (C(OH)–C–C–N with tert-alkyl or cyclic N) is 1. The first-order valence-electron chi connectivity index (χ1n) is 4.92. The van der Waals surface area contributed by atoms with Gasteiger partial charge in [0.15, 0.2) is 0 Å². The third-order valence-electron chi connectivity index (χ3n) is 2.42. The van der Waals surface area contributed by atoms with Crippen LogP contribution in [0.25, 0.3) is 0 Å². The molecule has 1 unspecified atom stereocenters. The minimum absolute atomic E-state index is 0.160.